The van der Waals surface area contributed by atoms with Gasteiger partial charge in [-0.3, -0.25) is 15.1 Å². The van der Waals surface area contributed by atoms with Gasteiger partial charge < -0.3 is 0 Å². The van der Waals surface area contributed by atoms with E-state index in [1.54, 1.807) is 30.7 Å². The first kappa shape index (κ1) is 16.2. The first-order chi connectivity index (χ1) is 11.5. The summed E-state index contributed by atoms with van der Waals surface area (Å²) in [7, 11) is 0. The summed E-state index contributed by atoms with van der Waals surface area (Å²) in [6.45, 7) is 1.92. The highest BCUT2D eigenvalue weighted by atomic mass is 79.9. The van der Waals surface area contributed by atoms with E-state index in [1.807, 2.05) is 19.1 Å². The summed E-state index contributed by atoms with van der Waals surface area (Å²) >= 11 is 3.39. The number of hydrogen-bond acceptors (Lipinski definition) is 5. The molecule has 1 aromatic carbocycles. The average molecular weight is 385 g/mol. The van der Waals surface area contributed by atoms with Gasteiger partial charge in [0.2, 0.25) is 0 Å². The Kier molecular flexibility index (Phi) is 4.61. The Labute approximate surface area is 146 Å². The fourth-order valence-electron chi connectivity index (χ4n) is 2.33. The summed E-state index contributed by atoms with van der Waals surface area (Å²) in [5.74, 6) is 0.607. The number of halogens is 1. The van der Waals surface area contributed by atoms with Gasteiger partial charge in [0.05, 0.1) is 10.6 Å². The van der Waals surface area contributed by atoms with Crippen molar-refractivity contribution in [3.05, 3.63) is 80.5 Å². The third-order valence-corrected chi connectivity index (χ3v) is 4.03. The third-order valence-electron chi connectivity index (χ3n) is 3.60. The number of benzene rings is 1. The van der Waals surface area contributed by atoms with Gasteiger partial charge >= 0.3 is 0 Å². The van der Waals surface area contributed by atoms with Gasteiger partial charge in [0.1, 0.15) is 5.82 Å². The molecule has 0 radical (unpaired) electrons. The van der Waals surface area contributed by atoms with Crippen LogP contribution in [0.3, 0.4) is 0 Å². The molecule has 0 saturated heterocycles. The zero-order valence-corrected chi connectivity index (χ0v) is 14.4. The topological polar surface area (TPSA) is 81.8 Å². The number of pyridine rings is 1. The standard InChI is InChI=1S/C17H13BrN4O2/c1-11-2-3-15(22(23)24)7-12(11)8-17-20-5-4-16(21-17)13-6-14(18)10-19-9-13/h2-7,9-10H,8H2,1H3. The number of hydrogen-bond donors (Lipinski definition) is 0. The van der Waals surface area contributed by atoms with Crippen LogP contribution in [0, 0.1) is 17.0 Å². The van der Waals surface area contributed by atoms with Crippen LogP contribution in [0.15, 0.2) is 53.4 Å². The molecule has 0 saturated carbocycles. The van der Waals surface area contributed by atoms with Crippen LogP contribution in [0.1, 0.15) is 17.0 Å². The lowest BCUT2D eigenvalue weighted by molar-refractivity contribution is -0.384. The van der Waals surface area contributed by atoms with Crippen molar-refractivity contribution in [3.63, 3.8) is 0 Å². The van der Waals surface area contributed by atoms with E-state index in [-0.39, 0.29) is 5.69 Å². The van der Waals surface area contributed by atoms with E-state index >= 15 is 0 Å². The molecule has 0 aliphatic carbocycles. The normalized spacial score (nSPS) is 10.6. The fraction of sp³-hybridized carbons (Fsp3) is 0.118. The summed E-state index contributed by atoms with van der Waals surface area (Å²) in [6.07, 6.45) is 5.56. The van der Waals surface area contributed by atoms with Crippen LogP contribution < -0.4 is 0 Å². The Hall–Kier alpha value is -2.67. The molecule has 0 aliphatic rings. The molecule has 0 atom stereocenters. The minimum atomic E-state index is -0.395. The van der Waals surface area contributed by atoms with Crippen molar-refractivity contribution in [2.75, 3.05) is 0 Å². The predicted octanol–water partition coefficient (Wildman–Crippen LogP) is 4.11. The molecular formula is C17H13BrN4O2. The van der Waals surface area contributed by atoms with E-state index < -0.39 is 4.92 Å². The zero-order chi connectivity index (χ0) is 17.1. The highest BCUT2D eigenvalue weighted by Gasteiger charge is 2.11. The van der Waals surface area contributed by atoms with Crippen LogP contribution in [0.5, 0.6) is 0 Å². The Morgan fingerprint density at radius 3 is 2.79 bits per heavy atom. The van der Waals surface area contributed by atoms with Crippen molar-refractivity contribution in [1.29, 1.82) is 0 Å². The second kappa shape index (κ2) is 6.84. The smallest absolute Gasteiger partial charge is 0.263 e. The van der Waals surface area contributed by atoms with E-state index in [1.165, 1.54) is 6.07 Å². The zero-order valence-electron chi connectivity index (χ0n) is 12.8. The summed E-state index contributed by atoms with van der Waals surface area (Å²) in [5.41, 5.74) is 3.52. The van der Waals surface area contributed by atoms with Gasteiger partial charge in [-0.1, -0.05) is 6.07 Å². The molecular weight excluding hydrogens is 372 g/mol. The third kappa shape index (κ3) is 3.62. The summed E-state index contributed by atoms with van der Waals surface area (Å²) < 4.78 is 0.870. The summed E-state index contributed by atoms with van der Waals surface area (Å²) in [6, 6.07) is 8.57. The fourth-order valence-corrected chi connectivity index (χ4v) is 2.69. The molecule has 0 amide bonds. The monoisotopic (exact) mass is 384 g/mol. The van der Waals surface area contributed by atoms with Gasteiger partial charge in [0.25, 0.3) is 5.69 Å². The van der Waals surface area contributed by atoms with Gasteiger partial charge in [-0.2, -0.15) is 0 Å². The molecule has 2 aromatic heterocycles. The van der Waals surface area contributed by atoms with E-state index in [9.17, 15) is 10.1 Å². The van der Waals surface area contributed by atoms with Gasteiger partial charge in [0, 0.05) is 47.2 Å². The molecule has 120 valence electrons. The minimum absolute atomic E-state index is 0.0722. The van der Waals surface area contributed by atoms with E-state index in [0.717, 1.165) is 26.9 Å². The van der Waals surface area contributed by atoms with Gasteiger partial charge in [0.15, 0.2) is 0 Å². The van der Waals surface area contributed by atoms with Crippen LogP contribution in [0.25, 0.3) is 11.3 Å². The first-order valence-electron chi connectivity index (χ1n) is 7.20. The number of aromatic nitrogens is 3. The number of nitro groups is 1. The SMILES string of the molecule is Cc1ccc([N+](=O)[O-])cc1Cc1nccc(-c2cncc(Br)c2)n1. The first-order valence-corrected chi connectivity index (χ1v) is 7.99. The van der Waals surface area contributed by atoms with Crippen molar-refractivity contribution in [3.8, 4) is 11.3 Å². The van der Waals surface area contributed by atoms with Crippen molar-refractivity contribution >= 4 is 21.6 Å². The van der Waals surface area contributed by atoms with Gasteiger partial charge in [-0.25, -0.2) is 9.97 Å². The Morgan fingerprint density at radius 1 is 1.21 bits per heavy atom. The minimum Gasteiger partial charge on any atom is -0.263 e. The lowest BCUT2D eigenvalue weighted by Gasteiger charge is -2.07. The number of non-ortho nitro benzene ring substituents is 1. The molecule has 24 heavy (non-hydrogen) atoms. The van der Waals surface area contributed by atoms with Crippen LogP contribution >= 0.6 is 15.9 Å². The molecule has 0 unspecified atom stereocenters. The van der Waals surface area contributed by atoms with Crippen LogP contribution in [0.4, 0.5) is 5.69 Å². The summed E-state index contributed by atoms with van der Waals surface area (Å²) in [4.78, 5) is 23.5. The quantitative estimate of drug-likeness (QED) is 0.499. The van der Waals surface area contributed by atoms with Crippen LogP contribution in [-0.2, 0) is 6.42 Å². The number of nitro benzene ring substituents is 1. The van der Waals surface area contributed by atoms with Crippen molar-refractivity contribution in [2.24, 2.45) is 0 Å². The maximum atomic E-state index is 11.0. The maximum Gasteiger partial charge on any atom is 0.269 e. The Bertz CT molecular complexity index is 915. The Morgan fingerprint density at radius 2 is 2.04 bits per heavy atom. The molecule has 6 nitrogen and oxygen atoms in total. The van der Waals surface area contributed by atoms with Crippen molar-refractivity contribution in [2.45, 2.75) is 13.3 Å². The molecule has 0 fully saturated rings. The number of aryl methyl sites for hydroxylation is 1. The molecule has 0 aliphatic heterocycles. The molecule has 2 heterocycles. The largest absolute Gasteiger partial charge is 0.269 e. The second-order valence-electron chi connectivity index (χ2n) is 5.29. The highest BCUT2D eigenvalue weighted by Crippen LogP contribution is 2.22. The lowest BCUT2D eigenvalue weighted by Crippen LogP contribution is -2.00. The molecule has 0 spiro atoms. The highest BCUT2D eigenvalue weighted by molar-refractivity contribution is 9.10. The number of rotatable bonds is 4. The van der Waals surface area contributed by atoms with E-state index in [2.05, 4.69) is 30.9 Å². The predicted molar refractivity (Wildman–Crippen MR) is 93.6 cm³/mol. The van der Waals surface area contributed by atoms with Crippen molar-refractivity contribution in [1.82, 2.24) is 15.0 Å². The number of nitrogens with zero attached hydrogens (tertiary/aromatic N) is 4. The lowest BCUT2D eigenvalue weighted by atomic mass is 10.0. The summed E-state index contributed by atoms with van der Waals surface area (Å²) in [5, 5.41) is 11.0. The molecule has 3 rings (SSSR count). The maximum absolute atomic E-state index is 11.0. The molecule has 0 bridgehead atoms. The van der Waals surface area contributed by atoms with Crippen molar-refractivity contribution < 1.29 is 4.92 Å². The van der Waals surface area contributed by atoms with Crippen LogP contribution in [-0.4, -0.2) is 19.9 Å². The Balaban J connectivity index is 1.93. The average Bonchev–Trinajstić information content (AvgIpc) is 2.57. The van der Waals surface area contributed by atoms with Gasteiger partial charge in [-0.05, 0) is 46.1 Å². The van der Waals surface area contributed by atoms with E-state index in [4.69, 9.17) is 0 Å². The second-order valence-corrected chi connectivity index (χ2v) is 6.21. The van der Waals surface area contributed by atoms with Crippen LogP contribution in [0.2, 0.25) is 0 Å². The van der Waals surface area contributed by atoms with Gasteiger partial charge in [-0.15, -0.1) is 0 Å². The molecule has 0 N–H and O–H groups in total. The molecule has 3 aromatic rings. The molecule has 7 heteroatoms. The van der Waals surface area contributed by atoms with E-state index in [0.29, 0.717) is 12.2 Å².